The summed E-state index contributed by atoms with van der Waals surface area (Å²) in [5.41, 5.74) is 1.70. The zero-order valence-electron chi connectivity index (χ0n) is 10.9. The van der Waals surface area contributed by atoms with Gasteiger partial charge in [-0.25, -0.2) is 0 Å². The second-order valence-corrected chi connectivity index (χ2v) is 6.20. The molecule has 7 heteroatoms. The first-order valence-electron chi connectivity index (χ1n) is 5.93. The fourth-order valence-corrected chi connectivity index (χ4v) is 3.98. The molecular formula is C14H9N3O2S2. The Morgan fingerprint density at radius 2 is 2.00 bits per heavy atom. The quantitative estimate of drug-likeness (QED) is 0.762. The summed E-state index contributed by atoms with van der Waals surface area (Å²) >= 11 is 2.16. The molecule has 2 heterocycles. The van der Waals surface area contributed by atoms with Crippen molar-refractivity contribution in [3.8, 4) is 22.9 Å². The summed E-state index contributed by atoms with van der Waals surface area (Å²) < 4.78 is 5.98. The molecule has 1 aromatic carbocycles. The number of nitriles is 1. The van der Waals surface area contributed by atoms with Gasteiger partial charge in [0.05, 0.1) is 17.4 Å². The molecule has 2 N–H and O–H groups in total. The van der Waals surface area contributed by atoms with E-state index in [-0.39, 0.29) is 15.1 Å². The molecule has 21 heavy (non-hydrogen) atoms. The van der Waals surface area contributed by atoms with Gasteiger partial charge in [-0.15, -0.1) is 0 Å². The van der Waals surface area contributed by atoms with E-state index in [9.17, 15) is 10.1 Å². The maximum Gasteiger partial charge on any atom is 0.306 e. The highest BCUT2D eigenvalue weighted by Gasteiger charge is 2.15. The number of hydrogen-bond donors (Lipinski definition) is 2. The number of thiazole rings is 1. The highest BCUT2D eigenvalue weighted by Crippen LogP contribution is 2.33. The largest absolute Gasteiger partial charge is 0.497 e. The molecule has 0 aliphatic rings. The molecule has 0 atom stereocenters. The fourth-order valence-electron chi connectivity index (χ4n) is 2.07. The van der Waals surface area contributed by atoms with Gasteiger partial charge in [0.1, 0.15) is 21.3 Å². The topological polar surface area (TPSA) is 89.7 Å². The van der Waals surface area contributed by atoms with Crippen LogP contribution in [0.25, 0.3) is 20.7 Å². The molecule has 0 unspecified atom stereocenters. The minimum absolute atomic E-state index is 0.143. The molecule has 0 aliphatic heterocycles. The summed E-state index contributed by atoms with van der Waals surface area (Å²) in [4.78, 5) is 14.7. The summed E-state index contributed by atoms with van der Waals surface area (Å²) in [6, 6.07) is 9.30. The van der Waals surface area contributed by atoms with Crippen LogP contribution < -0.4 is 14.3 Å². The van der Waals surface area contributed by atoms with Crippen LogP contribution >= 0.6 is 22.7 Å². The van der Waals surface area contributed by atoms with Gasteiger partial charge in [-0.3, -0.25) is 10.2 Å². The third-order valence-electron chi connectivity index (χ3n) is 3.02. The molecule has 0 aliphatic carbocycles. The number of rotatable bonds is 2. The van der Waals surface area contributed by atoms with Crippen molar-refractivity contribution in [2.24, 2.45) is 0 Å². The van der Waals surface area contributed by atoms with Crippen molar-refractivity contribution in [1.82, 2.24) is 4.98 Å². The standard InChI is InChI=1S/C14H9N3O2S2/c1-19-8-4-2-7(3-5-8)10-9(6-15)12(16)21-13-11(10)20-14(18)17-13/h2-5,16H,1H3,(H,17,18). The first-order valence-corrected chi connectivity index (χ1v) is 7.56. The molecule has 0 fully saturated rings. The van der Waals surface area contributed by atoms with E-state index < -0.39 is 0 Å². The zero-order chi connectivity index (χ0) is 15.0. The van der Waals surface area contributed by atoms with Crippen molar-refractivity contribution in [2.75, 3.05) is 7.11 Å². The van der Waals surface area contributed by atoms with Crippen molar-refractivity contribution in [2.45, 2.75) is 0 Å². The third-order valence-corrected chi connectivity index (χ3v) is 4.96. The van der Waals surface area contributed by atoms with Crippen LogP contribution in [-0.2, 0) is 0 Å². The third kappa shape index (κ3) is 2.24. The summed E-state index contributed by atoms with van der Waals surface area (Å²) in [5.74, 6) is 0.709. The van der Waals surface area contributed by atoms with E-state index in [2.05, 4.69) is 11.1 Å². The Labute approximate surface area is 127 Å². The lowest BCUT2D eigenvalue weighted by Gasteiger charge is -2.06. The summed E-state index contributed by atoms with van der Waals surface area (Å²) in [6.07, 6.45) is 0. The van der Waals surface area contributed by atoms with E-state index in [0.29, 0.717) is 20.8 Å². The van der Waals surface area contributed by atoms with Gasteiger partial charge in [0.2, 0.25) is 0 Å². The molecule has 104 valence electrons. The van der Waals surface area contributed by atoms with Gasteiger partial charge in [0.25, 0.3) is 0 Å². The van der Waals surface area contributed by atoms with Crippen LogP contribution in [0.4, 0.5) is 0 Å². The molecule has 2 aromatic heterocycles. The van der Waals surface area contributed by atoms with E-state index in [0.717, 1.165) is 28.2 Å². The number of aromatic nitrogens is 1. The van der Waals surface area contributed by atoms with Gasteiger partial charge < -0.3 is 9.72 Å². The number of methoxy groups -OCH3 is 1. The first-order chi connectivity index (χ1) is 10.1. The van der Waals surface area contributed by atoms with E-state index in [1.165, 1.54) is 0 Å². The number of nitrogens with one attached hydrogen (secondary N) is 2. The number of H-pyrrole nitrogens is 1. The molecule has 0 spiro atoms. The van der Waals surface area contributed by atoms with Crippen molar-refractivity contribution in [3.05, 3.63) is 44.2 Å². The van der Waals surface area contributed by atoms with Gasteiger partial charge in [-0.1, -0.05) is 34.8 Å². The normalized spacial score (nSPS) is 10.5. The number of nitrogens with zero attached hydrogens (tertiary/aromatic N) is 1. The number of aromatic amines is 1. The highest BCUT2D eigenvalue weighted by atomic mass is 32.1. The highest BCUT2D eigenvalue weighted by molar-refractivity contribution is 7.24. The predicted octanol–water partition coefficient (Wildman–Crippen LogP) is 2.68. The minimum Gasteiger partial charge on any atom is -0.497 e. The van der Waals surface area contributed by atoms with E-state index in [4.69, 9.17) is 10.1 Å². The Bertz CT molecular complexity index is 975. The second kappa shape index (κ2) is 5.16. The van der Waals surface area contributed by atoms with Crippen LogP contribution in [0.5, 0.6) is 5.75 Å². The van der Waals surface area contributed by atoms with Crippen LogP contribution in [-0.4, -0.2) is 12.1 Å². The van der Waals surface area contributed by atoms with Gasteiger partial charge >= 0.3 is 4.87 Å². The molecule has 3 aromatic rings. The molecule has 3 rings (SSSR count). The number of hydrogen-bond acceptors (Lipinski definition) is 6. The summed E-state index contributed by atoms with van der Waals surface area (Å²) in [5, 5.41) is 17.3. The van der Waals surface area contributed by atoms with Gasteiger partial charge in [0.15, 0.2) is 0 Å². The SMILES string of the molecule is COc1ccc(-c2c(C#N)c(=N)sc3[nH]c(=O)sc23)cc1. The van der Waals surface area contributed by atoms with E-state index in [1.54, 1.807) is 19.2 Å². The maximum atomic E-state index is 11.6. The smallest absolute Gasteiger partial charge is 0.306 e. The number of benzene rings is 1. The molecule has 5 nitrogen and oxygen atoms in total. The predicted molar refractivity (Wildman–Crippen MR) is 82.9 cm³/mol. The van der Waals surface area contributed by atoms with Crippen molar-refractivity contribution in [1.29, 1.82) is 10.7 Å². The Hall–Kier alpha value is -2.43. The minimum atomic E-state index is -0.189. The molecule has 0 saturated carbocycles. The Morgan fingerprint density at radius 1 is 1.29 bits per heavy atom. The maximum absolute atomic E-state index is 11.6. The molecule has 0 amide bonds. The van der Waals surface area contributed by atoms with Gasteiger partial charge in [-0.05, 0) is 17.7 Å². The van der Waals surface area contributed by atoms with Crippen molar-refractivity contribution in [3.63, 3.8) is 0 Å². The summed E-state index contributed by atoms with van der Waals surface area (Å²) in [7, 11) is 1.58. The van der Waals surface area contributed by atoms with Crippen LogP contribution in [0.2, 0.25) is 0 Å². The van der Waals surface area contributed by atoms with Gasteiger partial charge in [-0.2, -0.15) is 5.26 Å². The summed E-state index contributed by atoms with van der Waals surface area (Å²) in [6.45, 7) is 0. The molecule has 0 radical (unpaired) electrons. The second-order valence-electron chi connectivity index (χ2n) is 4.19. The average Bonchev–Trinajstić information content (AvgIpc) is 2.85. The molecule has 0 bridgehead atoms. The lowest BCUT2D eigenvalue weighted by atomic mass is 10.0. The van der Waals surface area contributed by atoms with Crippen LogP contribution in [0.15, 0.2) is 29.1 Å². The van der Waals surface area contributed by atoms with Gasteiger partial charge in [0, 0.05) is 5.56 Å². The average molecular weight is 315 g/mol. The van der Waals surface area contributed by atoms with Crippen molar-refractivity contribution >= 4 is 32.2 Å². The first kappa shape index (κ1) is 13.5. The van der Waals surface area contributed by atoms with Crippen molar-refractivity contribution < 1.29 is 4.74 Å². The molecule has 0 saturated heterocycles. The molecular weight excluding hydrogens is 306 g/mol. The van der Waals surface area contributed by atoms with E-state index >= 15 is 0 Å². The zero-order valence-corrected chi connectivity index (χ0v) is 12.5. The lowest BCUT2D eigenvalue weighted by molar-refractivity contribution is 0.415. The Morgan fingerprint density at radius 3 is 2.62 bits per heavy atom. The van der Waals surface area contributed by atoms with Crippen LogP contribution in [0, 0.1) is 16.7 Å². The van der Waals surface area contributed by atoms with Crippen LogP contribution in [0.1, 0.15) is 5.56 Å². The van der Waals surface area contributed by atoms with E-state index in [1.807, 2.05) is 12.1 Å². The number of fused-ring (bicyclic) bond motifs is 1. The fraction of sp³-hybridized carbons (Fsp3) is 0.0714. The lowest BCUT2D eigenvalue weighted by Crippen LogP contribution is -2.03. The Balaban J connectivity index is 2.40. The Kier molecular flexibility index (Phi) is 3.33. The number of ether oxygens (including phenoxy) is 1. The monoisotopic (exact) mass is 315 g/mol. The van der Waals surface area contributed by atoms with Crippen LogP contribution in [0.3, 0.4) is 0 Å².